The Morgan fingerprint density at radius 2 is 2.50 bits per heavy atom. The lowest BCUT2D eigenvalue weighted by Gasteiger charge is -1.98. The average molecular weight is 192 g/mol. The highest BCUT2D eigenvalue weighted by Crippen LogP contribution is 2.16. The van der Waals surface area contributed by atoms with E-state index in [-0.39, 0.29) is 6.04 Å². The zero-order valence-electron chi connectivity index (χ0n) is 7.90. The van der Waals surface area contributed by atoms with Gasteiger partial charge < -0.3 is 15.2 Å². The molecular formula is C9H12N4O. The summed E-state index contributed by atoms with van der Waals surface area (Å²) in [5.74, 6) is 1.03. The number of H-pyrrole nitrogens is 1. The van der Waals surface area contributed by atoms with E-state index in [4.69, 9.17) is 10.3 Å². The van der Waals surface area contributed by atoms with Gasteiger partial charge in [0.25, 0.3) is 0 Å². The lowest BCUT2D eigenvalue weighted by Crippen LogP contribution is -2.08. The molecule has 2 aromatic rings. The molecule has 0 saturated carbocycles. The summed E-state index contributed by atoms with van der Waals surface area (Å²) in [4.78, 5) is 7.19. The van der Waals surface area contributed by atoms with E-state index in [2.05, 4.69) is 15.1 Å². The number of hydrogen-bond acceptors (Lipinski definition) is 4. The summed E-state index contributed by atoms with van der Waals surface area (Å²) in [5, 5.41) is 3.83. The summed E-state index contributed by atoms with van der Waals surface area (Å²) >= 11 is 0. The Hall–Kier alpha value is -1.62. The van der Waals surface area contributed by atoms with Crippen LogP contribution in [0.5, 0.6) is 0 Å². The van der Waals surface area contributed by atoms with Gasteiger partial charge in [0.05, 0.1) is 11.7 Å². The molecule has 0 radical (unpaired) electrons. The molecule has 3 N–H and O–H groups in total. The first-order valence-corrected chi connectivity index (χ1v) is 4.54. The van der Waals surface area contributed by atoms with Crippen molar-refractivity contribution in [3.63, 3.8) is 0 Å². The van der Waals surface area contributed by atoms with Crippen molar-refractivity contribution in [3.8, 4) is 11.5 Å². The van der Waals surface area contributed by atoms with Crippen LogP contribution in [-0.2, 0) is 0 Å². The second kappa shape index (κ2) is 3.63. The molecule has 0 bridgehead atoms. The van der Waals surface area contributed by atoms with Crippen LogP contribution in [0.25, 0.3) is 11.5 Å². The Bertz CT molecular complexity index is 393. The predicted octanol–water partition coefficient (Wildman–Crippen LogP) is 1.47. The van der Waals surface area contributed by atoms with E-state index >= 15 is 0 Å². The molecule has 5 heteroatoms. The molecule has 14 heavy (non-hydrogen) atoms. The first-order valence-electron chi connectivity index (χ1n) is 4.54. The first-order chi connectivity index (χ1) is 6.81. The second-order valence-corrected chi connectivity index (χ2v) is 3.05. The topological polar surface area (TPSA) is 80.7 Å². The number of nitrogens with one attached hydrogen (secondary N) is 1. The van der Waals surface area contributed by atoms with Crippen molar-refractivity contribution in [1.29, 1.82) is 0 Å². The van der Waals surface area contributed by atoms with Gasteiger partial charge in [0.1, 0.15) is 0 Å². The highest BCUT2D eigenvalue weighted by atomic mass is 16.5. The lowest BCUT2D eigenvalue weighted by atomic mass is 10.2. The third-order valence-electron chi connectivity index (χ3n) is 2.04. The fourth-order valence-corrected chi connectivity index (χ4v) is 1.14. The molecule has 1 unspecified atom stereocenters. The minimum absolute atomic E-state index is 0.175. The van der Waals surface area contributed by atoms with Crippen molar-refractivity contribution < 1.29 is 4.52 Å². The fourth-order valence-electron chi connectivity index (χ4n) is 1.14. The Balaban J connectivity index is 2.26. The van der Waals surface area contributed by atoms with Gasteiger partial charge in [-0.05, 0) is 18.6 Å². The van der Waals surface area contributed by atoms with Gasteiger partial charge in [0.15, 0.2) is 0 Å². The van der Waals surface area contributed by atoms with E-state index in [0.717, 1.165) is 12.1 Å². The highest BCUT2D eigenvalue weighted by molar-refractivity contribution is 5.47. The molecule has 0 amide bonds. The average Bonchev–Trinajstić information content (AvgIpc) is 2.86. The molecule has 2 aromatic heterocycles. The molecule has 74 valence electrons. The molecular weight excluding hydrogens is 180 g/mol. The van der Waals surface area contributed by atoms with Crippen LogP contribution in [0, 0.1) is 0 Å². The van der Waals surface area contributed by atoms with E-state index in [9.17, 15) is 0 Å². The van der Waals surface area contributed by atoms with Crippen molar-refractivity contribution in [2.45, 2.75) is 19.4 Å². The maximum atomic E-state index is 5.75. The molecule has 0 aromatic carbocycles. The standard InChI is InChI=1S/C9H12N4O/c1-2-6(10)9-12-8(13-14-9)7-4-3-5-11-7/h3-6,11H,2,10H2,1H3. The molecule has 0 aliphatic heterocycles. The zero-order valence-corrected chi connectivity index (χ0v) is 7.90. The van der Waals surface area contributed by atoms with Gasteiger partial charge in [-0.1, -0.05) is 12.1 Å². The van der Waals surface area contributed by atoms with Crippen LogP contribution >= 0.6 is 0 Å². The van der Waals surface area contributed by atoms with Gasteiger partial charge in [-0.3, -0.25) is 0 Å². The molecule has 0 aliphatic rings. The van der Waals surface area contributed by atoms with Crippen LogP contribution in [0.15, 0.2) is 22.9 Å². The maximum Gasteiger partial charge on any atom is 0.243 e. The summed E-state index contributed by atoms with van der Waals surface area (Å²) in [5.41, 5.74) is 6.59. The molecule has 0 fully saturated rings. The van der Waals surface area contributed by atoms with Gasteiger partial charge in [0.2, 0.25) is 11.7 Å². The molecule has 2 heterocycles. The van der Waals surface area contributed by atoms with Crippen molar-refractivity contribution in [3.05, 3.63) is 24.2 Å². The third-order valence-corrected chi connectivity index (χ3v) is 2.04. The summed E-state index contributed by atoms with van der Waals surface area (Å²) in [6.45, 7) is 1.98. The van der Waals surface area contributed by atoms with Gasteiger partial charge in [-0.15, -0.1) is 0 Å². The summed E-state index contributed by atoms with van der Waals surface area (Å²) in [6.07, 6.45) is 2.59. The molecule has 0 saturated heterocycles. The van der Waals surface area contributed by atoms with Gasteiger partial charge in [-0.25, -0.2) is 0 Å². The van der Waals surface area contributed by atoms with Crippen LogP contribution in [0.4, 0.5) is 0 Å². The molecule has 0 spiro atoms. The van der Waals surface area contributed by atoms with Gasteiger partial charge in [-0.2, -0.15) is 4.98 Å². The Morgan fingerprint density at radius 3 is 3.14 bits per heavy atom. The van der Waals surface area contributed by atoms with Gasteiger partial charge in [0, 0.05) is 6.20 Å². The highest BCUT2D eigenvalue weighted by Gasteiger charge is 2.13. The molecule has 1 atom stereocenters. The van der Waals surface area contributed by atoms with Gasteiger partial charge >= 0.3 is 0 Å². The Kier molecular flexibility index (Phi) is 2.32. The first kappa shape index (κ1) is 8.96. The van der Waals surface area contributed by atoms with E-state index < -0.39 is 0 Å². The van der Waals surface area contributed by atoms with Crippen LogP contribution < -0.4 is 5.73 Å². The monoisotopic (exact) mass is 192 g/mol. The Labute approximate surface area is 81.3 Å². The lowest BCUT2D eigenvalue weighted by molar-refractivity contribution is 0.352. The number of hydrogen-bond donors (Lipinski definition) is 2. The van der Waals surface area contributed by atoms with Crippen molar-refractivity contribution in [2.24, 2.45) is 5.73 Å². The number of rotatable bonds is 3. The minimum Gasteiger partial charge on any atom is -0.359 e. The predicted molar refractivity (Wildman–Crippen MR) is 51.3 cm³/mol. The van der Waals surface area contributed by atoms with Crippen LogP contribution in [0.3, 0.4) is 0 Å². The number of nitrogens with two attached hydrogens (primary N) is 1. The maximum absolute atomic E-state index is 5.75. The smallest absolute Gasteiger partial charge is 0.243 e. The minimum atomic E-state index is -0.175. The molecule has 0 aliphatic carbocycles. The van der Waals surface area contributed by atoms with E-state index in [1.165, 1.54) is 0 Å². The van der Waals surface area contributed by atoms with Crippen LogP contribution in [0.2, 0.25) is 0 Å². The Morgan fingerprint density at radius 1 is 1.64 bits per heavy atom. The number of aromatic amines is 1. The normalized spacial score (nSPS) is 13.0. The summed E-state index contributed by atoms with van der Waals surface area (Å²) in [7, 11) is 0. The molecule has 5 nitrogen and oxygen atoms in total. The quantitative estimate of drug-likeness (QED) is 0.771. The number of nitrogens with zero attached hydrogens (tertiary/aromatic N) is 2. The van der Waals surface area contributed by atoms with E-state index in [1.54, 1.807) is 0 Å². The largest absolute Gasteiger partial charge is 0.359 e. The zero-order chi connectivity index (χ0) is 9.97. The fraction of sp³-hybridized carbons (Fsp3) is 0.333. The number of aromatic nitrogens is 3. The SMILES string of the molecule is CCC(N)c1nc(-c2ccc[nH]2)no1. The van der Waals surface area contributed by atoms with E-state index in [1.807, 2.05) is 25.3 Å². The summed E-state index contributed by atoms with van der Waals surface area (Å²) in [6, 6.07) is 3.59. The van der Waals surface area contributed by atoms with Crippen LogP contribution in [0.1, 0.15) is 25.3 Å². The van der Waals surface area contributed by atoms with E-state index in [0.29, 0.717) is 11.7 Å². The van der Waals surface area contributed by atoms with Crippen molar-refractivity contribution >= 4 is 0 Å². The second-order valence-electron chi connectivity index (χ2n) is 3.05. The van der Waals surface area contributed by atoms with Crippen LogP contribution in [-0.4, -0.2) is 15.1 Å². The van der Waals surface area contributed by atoms with Crippen molar-refractivity contribution in [1.82, 2.24) is 15.1 Å². The molecule has 2 rings (SSSR count). The van der Waals surface area contributed by atoms with Crippen molar-refractivity contribution in [2.75, 3.05) is 0 Å². The summed E-state index contributed by atoms with van der Waals surface area (Å²) < 4.78 is 5.04. The third kappa shape index (κ3) is 1.54.